The molecule has 0 aliphatic carbocycles. The van der Waals surface area contributed by atoms with Crippen LogP contribution in [0.4, 0.5) is 5.69 Å². The summed E-state index contributed by atoms with van der Waals surface area (Å²) in [6.45, 7) is 2.39. The van der Waals surface area contributed by atoms with Gasteiger partial charge in [-0.05, 0) is 31.2 Å². The standard InChI is InChI=1S/C17H16N2O2S/c1-12-6-8-13(9-7-12)18-16(20)10-11-19-14-4-2-3-5-15(14)22-17(19)21/h2-9H,10-11H2,1H3,(H,18,20). The predicted octanol–water partition coefficient (Wildman–Crippen LogP) is 3.40. The number of aromatic nitrogens is 1. The highest BCUT2D eigenvalue weighted by molar-refractivity contribution is 7.16. The van der Waals surface area contributed by atoms with Crippen LogP contribution in [0.5, 0.6) is 0 Å². The van der Waals surface area contributed by atoms with E-state index in [2.05, 4.69) is 5.32 Å². The molecule has 22 heavy (non-hydrogen) atoms. The van der Waals surface area contributed by atoms with Gasteiger partial charge in [-0.1, -0.05) is 41.2 Å². The van der Waals surface area contributed by atoms with E-state index in [1.165, 1.54) is 11.3 Å². The van der Waals surface area contributed by atoms with Gasteiger partial charge in [-0.2, -0.15) is 0 Å². The van der Waals surface area contributed by atoms with Crippen LogP contribution in [-0.2, 0) is 11.3 Å². The molecule has 0 saturated heterocycles. The molecule has 1 aromatic heterocycles. The van der Waals surface area contributed by atoms with Gasteiger partial charge in [0.2, 0.25) is 5.91 Å². The molecule has 0 aliphatic rings. The number of para-hydroxylation sites is 1. The molecule has 3 rings (SSSR count). The topological polar surface area (TPSA) is 51.1 Å². The van der Waals surface area contributed by atoms with Gasteiger partial charge in [0.1, 0.15) is 0 Å². The van der Waals surface area contributed by atoms with Crippen LogP contribution in [0.25, 0.3) is 10.2 Å². The maximum atomic E-state index is 12.0. The Morgan fingerprint density at radius 2 is 1.86 bits per heavy atom. The van der Waals surface area contributed by atoms with E-state index in [1.807, 2.05) is 55.5 Å². The average Bonchev–Trinajstić information content (AvgIpc) is 2.83. The lowest BCUT2D eigenvalue weighted by molar-refractivity contribution is -0.116. The fourth-order valence-corrected chi connectivity index (χ4v) is 3.22. The van der Waals surface area contributed by atoms with Gasteiger partial charge in [0.25, 0.3) is 0 Å². The van der Waals surface area contributed by atoms with Gasteiger partial charge in [0, 0.05) is 18.7 Å². The largest absolute Gasteiger partial charge is 0.326 e. The first kappa shape index (κ1) is 14.5. The van der Waals surface area contributed by atoms with Crippen molar-refractivity contribution in [1.82, 2.24) is 4.57 Å². The molecular weight excluding hydrogens is 296 g/mol. The summed E-state index contributed by atoms with van der Waals surface area (Å²) in [5.74, 6) is -0.0916. The zero-order chi connectivity index (χ0) is 15.5. The second-order valence-corrected chi connectivity index (χ2v) is 6.14. The lowest BCUT2D eigenvalue weighted by atomic mass is 10.2. The van der Waals surface area contributed by atoms with E-state index in [0.29, 0.717) is 6.54 Å². The van der Waals surface area contributed by atoms with E-state index >= 15 is 0 Å². The van der Waals surface area contributed by atoms with Crippen LogP contribution in [0, 0.1) is 6.92 Å². The highest BCUT2D eigenvalue weighted by Gasteiger charge is 2.09. The molecule has 0 bridgehead atoms. The molecule has 4 nitrogen and oxygen atoms in total. The lowest BCUT2D eigenvalue weighted by Gasteiger charge is -2.06. The number of anilines is 1. The molecule has 0 fully saturated rings. The Morgan fingerprint density at radius 1 is 1.14 bits per heavy atom. The molecule has 0 aliphatic heterocycles. The molecule has 0 unspecified atom stereocenters. The van der Waals surface area contributed by atoms with Crippen molar-refractivity contribution in [3.63, 3.8) is 0 Å². The number of fused-ring (bicyclic) bond motifs is 1. The van der Waals surface area contributed by atoms with E-state index < -0.39 is 0 Å². The van der Waals surface area contributed by atoms with Gasteiger partial charge in [0.05, 0.1) is 10.2 Å². The van der Waals surface area contributed by atoms with Gasteiger partial charge in [-0.15, -0.1) is 0 Å². The van der Waals surface area contributed by atoms with Crippen LogP contribution in [0.3, 0.4) is 0 Å². The number of nitrogens with one attached hydrogen (secondary N) is 1. The zero-order valence-corrected chi connectivity index (χ0v) is 13.0. The number of rotatable bonds is 4. The molecule has 0 spiro atoms. The summed E-state index contributed by atoms with van der Waals surface area (Å²) in [5, 5.41) is 2.85. The molecule has 3 aromatic rings. The van der Waals surface area contributed by atoms with Crippen molar-refractivity contribution in [2.75, 3.05) is 5.32 Å². The number of nitrogens with zero attached hydrogens (tertiary/aromatic N) is 1. The van der Waals surface area contributed by atoms with Crippen molar-refractivity contribution in [3.8, 4) is 0 Å². The summed E-state index contributed by atoms with van der Waals surface area (Å²) < 4.78 is 2.61. The van der Waals surface area contributed by atoms with Gasteiger partial charge in [0.15, 0.2) is 0 Å². The van der Waals surface area contributed by atoms with Gasteiger partial charge < -0.3 is 5.32 Å². The quantitative estimate of drug-likeness (QED) is 0.802. The maximum Gasteiger partial charge on any atom is 0.308 e. The summed E-state index contributed by atoms with van der Waals surface area (Å²) in [5.41, 5.74) is 2.81. The summed E-state index contributed by atoms with van der Waals surface area (Å²) in [6, 6.07) is 15.3. The average molecular weight is 312 g/mol. The third-order valence-corrected chi connectivity index (χ3v) is 4.43. The first-order valence-electron chi connectivity index (χ1n) is 7.08. The Morgan fingerprint density at radius 3 is 2.64 bits per heavy atom. The van der Waals surface area contributed by atoms with Gasteiger partial charge in [-0.25, -0.2) is 0 Å². The third kappa shape index (κ3) is 3.09. The van der Waals surface area contributed by atoms with E-state index in [0.717, 1.165) is 21.5 Å². The Labute approximate surface area is 132 Å². The molecule has 1 N–H and O–H groups in total. The smallest absolute Gasteiger partial charge is 0.308 e. The van der Waals surface area contributed by atoms with Crippen LogP contribution in [0.2, 0.25) is 0 Å². The number of benzene rings is 2. The Bertz CT molecular complexity index is 862. The molecule has 1 amide bonds. The van der Waals surface area contributed by atoms with Crippen molar-refractivity contribution in [2.45, 2.75) is 19.9 Å². The molecular formula is C17H16N2O2S. The molecule has 0 saturated carbocycles. The van der Waals surface area contributed by atoms with Crippen LogP contribution < -0.4 is 10.2 Å². The molecule has 2 aromatic carbocycles. The maximum absolute atomic E-state index is 12.0. The Hall–Kier alpha value is -2.40. The van der Waals surface area contributed by atoms with E-state index in [9.17, 15) is 9.59 Å². The number of carbonyl (C=O) groups excluding carboxylic acids is 1. The minimum absolute atomic E-state index is 0.0238. The van der Waals surface area contributed by atoms with Crippen molar-refractivity contribution in [2.24, 2.45) is 0 Å². The first-order chi connectivity index (χ1) is 10.6. The number of amides is 1. The van der Waals surface area contributed by atoms with Crippen molar-refractivity contribution < 1.29 is 4.79 Å². The van der Waals surface area contributed by atoms with E-state index in [1.54, 1.807) is 4.57 Å². The van der Waals surface area contributed by atoms with Gasteiger partial charge in [-0.3, -0.25) is 14.2 Å². The normalized spacial score (nSPS) is 10.8. The summed E-state index contributed by atoms with van der Waals surface area (Å²) in [7, 11) is 0. The Balaban J connectivity index is 1.68. The number of hydrogen-bond acceptors (Lipinski definition) is 3. The fraction of sp³-hybridized carbons (Fsp3) is 0.176. The first-order valence-corrected chi connectivity index (χ1v) is 7.90. The lowest BCUT2D eigenvalue weighted by Crippen LogP contribution is -2.19. The van der Waals surface area contributed by atoms with Crippen molar-refractivity contribution in [3.05, 3.63) is 63.8 Å². The molecule has 1 heterocycles. The second kappa shape index (κ2) is 6.15. The number of hydrogen-bond donors (Lipinski definition) is 1. The number of thiazole rings is 1. The number of aryl methyl sites for hydroxylation is 2. The molecule has 0 radical (unpaired) electrons. The minimum Gasteiger partial charge on any atom is -0.326 e. The third-order valence-electron chi connectivity index (χ3n) is 3.47. The second-order valence-electron chi connectivity index (χ2n) is 5.15. The van der Waals surface area contributed by atoms with Gasteiger partial charge >= 0.3 is 4.87 Å². The molecule has 112 valence electrons. The zero-order valence-electron chi connectivity index (χ0n) is 12.2. The fourth-order valence-electron chi connectivity index (χ4n) is 2.30. The molecule has 5 heteroatoms. The van der Waals surface area contributed by atoms with E-state index in [4.69, 9.17) is 0 Å². The summed E-state index contributed by atoms with van der Waals surface area (Å²) >= 11 is 1.21. The SMILES string of the molecule is Cc1ccc(NC(=O)CCn2c(=O)sc3ccccc32)cc1. The molecule has 0 atom stereocenters. The van der Waals surface area contributed by atoms with Crippen LogP contribution in [0.15, 0.2) is 53.3 Å². The predicted molar refractivity (Wildman–Crippen MR) is 90.5 cm³/mol. The van der Waals surface area contributed by atoms with Crippen molar-refractivity contribution >= 4 is 33.1 Å². The van der Waals surface area contributed by atoms with E-state index in [-0.39, 0.29) is 17.2 Å². The monoisotopic (exact) mass is 312 g/mol. The highest BCUT2D eigenvalue weighted by Crippen LogP contribution is 2.17. The number of carbonyl (C=O) groups is 1. The minimum atomic E-state index is -0.0916. The summed E-state index contributed by atoms with van der Waals surface area (Å²) in [6.07, 6.45) is 0.272. The van der Waals surface area contributed by atoms with Crippen LogP contribution >= 0.6 is 11.3 Å². The highest BCUT2D eigenvalue weighted by atomic mass is 32.1. The van der Waals surface area contributed by atoms with Crippen LogP contribution in [-0.4, -0.2) is 10.5 Å². The Kier molecular flexibility index (Phi) is 4.06. The van der Waals surface area contributed by atoms with Crippen molar-refractivity contribution in [1.29, 1.82) is 0 Å². The van der Waals surface area contributed by atoms with Crippen LogP contribution in [0.1, 0.15) is 12.0 Å². The summed E-state index contributed by atoms with van der Waals surface area (Å²) in [4.78, 5) is 24.0.